The van der Waals surface area contributed by atoms with Gasteiger partial charge in [-0.25, -0.2) is 0 Å². The number of aliphatic hydroxyl groups excluding tert-OH is 1. The van der Waals surface area contributed by atoms with Crippen molar-refractivity contribution in [3.8, 4) is 17.2 Å². The van der Waals surface area contributed by atoms with Crippen molar-refractivity contribution < 1.29 is 33.3 Å². The Balaban J connectivity index is 1.76. The molecule has 0 fully saturated rings. The molecular weight excluding hydrogens is 500 g/mol. The summed E-state index contributed by atoms with van der Waals surface area (Å²) in [5.74, 6) is -0.198. The number of unbranched alkanes of at least 4 members (excludes halogenated alkanes) is 1. The molecule has 1 atom stereocenters. The third-order valence-corrected chi connectivity index (χ3v) is 6.76. The van der Waals surface area contributed by atoms with E-state index in [2.05, 4.69) is 6.92 Å². The molecular formula is C30H36N2O7. The molecule has 1 amide bonds. The molecule has 208 valence electrons. The molecule has 1 aromatic heterocycles. The number of methoxy groups -OCH3 is 2. The highest BCUT2D eigenvalue weighted by molar-refractivity contribution is 6.16. The van der Waals surface area contributed by atoms with Gasteiger partial charge >= 0.3 is 0 Å². The lowest BCUT2D eigenvalue weighted by atomic mass is 9.94. The topological polar surface area (TPSA) is 102 Å². The fourth-order valence-electron chi connectivity index (χ4n) is 4.76. The standard InChI is InChI=1S/C30H36N2O7/c1-6-7-16-38-21-13-12-19(17-23(21)37-5)26-25(28(34)30(35)32(26)15-9-14-31(2)3)27(33)24-18-20-10-8-11-22(36-4)29(20)39-24/h8,10-13,17-18,26,34H,6-7,9,14-16H2,1-5H3. The minimum Gasteiger partial charge on any atom is -0.503 e. The van der Waals surface area contributed by atoms with E-state index < -0.39 is 23.5 Å². The number of fused-ring (bicyclic) bond motifs is 1. The Kier molecular flexibility index (Phi) is 8.81. The van der Waals surface area contributed by atoms with Crippen molar-refractivity contribution in [1.29, 1.82) is 0 Å². The minimum atomic E-state index is -0.833. The Labute approximate surface area is 228 Å². The third kappa shape index (κ3) is 5.73. The summed E-state index contributed by atoms with van der Waals surface area (Å²) in [5.41, 5.74) is 1.00. The van der Waals surface area contributed by atoms with Gasteiger partial charge in [-0.15, -0.1) is 0 Å². The first-order valence-electron chi connectivity index (χ1n) is 13.1. The Morgan fingerprint density at radius 2 is 1.82 bits per heavy atom. The second-order valence-corrected chi connectivity index (χ2v) is 9.75. The van der Waals surface area contributed by atoms with Crippen LogP contribution in [0.4, 0.5) is 0 Å². The molecule has 2 aromatic carbocycles. The monoisotopic (exact) mass is 536 g/mol. The van der Waals surface area contributed by atoms with E-state index in [-0.39, 0.29) is 11.3 Å². The molecule has 2 heterocycles. The van der Waals surface area contributed by atoms with Crippen LogP contribution in [0.5, 0.6) is 17.2 Å². The summed E-state index contributed by atoms with van der Waals surface area (Å²) in [6.07, 6.45) is 2.55. The summed E-state index contributed by atoms with van der Waals surface area (Å²) >= 11 is 0. The van der Waals surface area contributed by atoms with Gasteiger partial charge in [-0.2, -0.15) is 0 Å². The number of ketones is 1. The average Bonchev–Trinajstić information content (AvgIpc) is 3.48. The highest BCUT2D eigenvalue weighted by Crippen LogP contribution is 2.42. The van der Waals surface area contributed by atoms with Gasteiger partial charge in [-0.3, -0.25) is 9.59 Å². The summed E-state index contributed by atoms with van der Waals surface area (Å²) in [6.45, 7) is 3.71. The zero-order chi connectivity index (χ0) is 28.1. The van der Waals surface area contributed by atoms with Crippen molar-refractivity contribution in [1.82, 2.24) is 9.80 Å². The number of hydrogen-bond donors (Lipinski definition) is 1. The molecule has 0 radical (unpaired) electrons. The van der Waals surface area contributed by atoms with Crippen LogP contribution in [0.15, 0.2) is 58.2 Å². The second-order valence-electron chi connectivity index (χ2n) is 9.75. The van der Waals surface area contributed by atoms with E-state index in [9.17, 15) is 14.7 Å². The fraction of sp³-hybridized carbons (Fsp3) is 0.400. The first-order valence-corrected chi connectivity index (χ1v) is 13.1. The van der Waals surface area contributed by atoms with E-state index in [1.165, 1.54) is 12.0 Å². The number of hydrogen-bond acceptors (Lipinski definition) is 8. The van der Waals surface area contributed by atoms with Crippen LogP contribution in [-0.4, -0.2) is 74.6 Å². The third-order valence-electron chi connectivity index (χ3n) is 6.76. The zero-order valence-electron chi connectivity index (χ0n) is 23.2. The highest BCUT2D eigenvalue weighted by Gasteiger charge is 2.44. The van der Waals surface area contributed by atoms with Crippen molar-refractivity contribution in [2.75, 3.05) is 48.0 Å². The molecule has 9 nitrogen and oxygen atoms in total. The maximum absolute atomic E-state index is 13.9. The van der Waals surface area contributed by atoms with Gasteiger partial charge in [0.15, 0.2) is 34.4 Å². The van der Waals surface area contributed by atoms with Crippen LogP contribution in [0.3, 0.4) is 0 Å². The summed E-state index contributed by atoms with van der Waals surface area (Å²) < 4.78 is 22.7. The number of amides is 1. The number of ether oxygens (including phenoxy) is 3. The number of carbonyl (C=O) groups excluding carboxylic acids is 2. The van der Waals surface area contributed by atoms with Gasteiger partial charge in [0.1, 0.15) is 0 Å². The van der Waals surface area contributed by atoms with Gasteiger partial charge in [-0.1, -0.05) is 31.5 Å². The molecule has 0 saturated heterocycles. The van der Waals surface area contributed by atoms with Crippen molar-refractivity contribution >= 4 is 22.7 Å². The lowest BCUT2D eigenvalue weighted by molar-refractivity contribution is -0.129. The first kappa shape index (κ1) is 28.0. The van der Waals surface area contributed by atoms with Crippen LogP contribution in [0.2, 0.25) is 0 Å². The maximum atomic E-state index is 13.9. The van der Waals surface area contributed by atoms with Crippen LogP contribution in [0.25, 0.3) is 11.0 Å². The molecule has 1 N–H and O–H groups in total. The summed E-state index contributed by atoms with van der Waals surface area (Å²) in [6, 6.07) is 11.4. The van der Waals surface area contributed by atoms with Gasteiger partial charge < -0.3 is 33.5 Å². The van der Waals surface area contributed by atoms with Crippen molar-refractivity contribution in [2.45, 2.75) is 32.2 Å². The van der Waals surface area contributed by atoms with Gasteiger partial charge in [0.2, 0.25) is 5.78 Å². The highest BCUT2D eigenvalue weighted by atomic mass is 16.5. The van der Waals surface area contributed by atoms with Crippen LogP contribution < -0.4 is 14.2 Å². The van der Waals surface area contributed by atoms with Crippen molar-refractivity contribution in [3.63, 3.8) is 0 Å². The van der Waals surface area contributed by atoms with Crippen LogP contribution in [-0.2, 0) is 4.79 Å². The van der Waals surface area contributed by atoms with Crippen molar-refractivity contribution in [2.24, 2.45) is 0 Å². The lowest BCUT2D eigenvalue weighted by Crippen LogP contribution is -2.33. The molecule has 0 bridgehead atoms. The number of Topliss-reactive ketones (excluding diaryl/α,β-unsaturated/α-hetero) is 1. The number of furan rings is 1. The molecule has 4 rings (SSSR count). The number of nitrogens with zero attached hydrogens (tertiary/aromatic N) is 2. The molecule has 0 saturated carbocycles. The van der Waals surface area contributed by atoms with E-state index in [0.717, 1.165) is 19.4 Å². The lowest BCUT2D eigenvalue weighted by Gasteiger charge is -2.27. The summed E-state index contributed by atoms with van der Waals surface area (Å²) in [4.78, 5) is 30.8. The zero-order valence-corrected chi connectivity index (χ0v) is 23.2. The summed E-state index contributed by atoms with van der Waals surface area (Å²) in [7, 11) is 6.97. The number of carbonyl (C=O) groups is 2. The average molecular weight is 537 g/mol. The fourth-order valence-corrected chi connectivity index (χ4v) is 4.76. The predicted molar refractivity (Wildman–Crippen MR) is 148 cm³/mol. The van der Waals surface area contributed by atoms with Crippen LogP contribution in [0.1, 0.15) is 48.3 Å². The SMILES string of the molecule is CCCCOc1ccc(C2C(C(=O)c3cc4cccc(OC)c4o3)=C(O)C(=O)N2CCCN(C)C)cc1OC. The number of rotatable bonds is 13. The summed E-state index contributed by atoms with van der Waals surface area (Å²) in [5, 5.41) is 11.7. The van der Waals surface area contributed by atoms with Crippen LogP contribution in [0, 0.1) is 0 Å². The molecule has 9 heteroatoms. The first-order chi connectivity index (χ1) is 18.8. The van der Waals surface area contributed by atoms with E-state index in [1.807, 2.05) is 19.0 Å². The molecule has 1 unspecified atom stereocenters. The molecule has 1 aliphatic heterocycles. The largest absolute Gasteiger partial charge is 0.503 e. The van der Waals surface area contributed by atoms with E-state index in [4.69, 9.17) is 18.6 Å². The Bertz CT molecular complexity index is 1370. The molecule has 0 aliphatic carbocycles. The van der Waals surface area contributed by atoms with Crippen LogP contribution >= 0.6 is 0 Å². The minimum absolute atomic E-state index is 0.00970. The molecule has 0 spiro atoms. The number of para-hydroxylation sites is 1. The normalized spacial score (nSPS) is 15.5. The van der Waals surface area contributed by atoms with E-state index in [1.54, 1.807) is 49.6 Å². The van der Waals surface area contributed by atoms with Gasteiger partial charge in [0, 0.05) is 11.9 Å². The quantitative estimate of drug-likeness (QED) is 0.236. The number of benzene rings is 2. The number of aliphatic hydroxyl groups is 1. The maximum Gasteiger partial charge on any atom is 0.290 e. The van der Waals surface area contributed by atoms with Crippen molar-refractivity contribution in [3.05, 3.63) is 65.1 Å². The Morgan fingerprint density at radius 3 is 2.51 bits per heavy atom. The smallest absolute Gasteiger partial charge is 0.290 e. The molecule has 39 heavy (non-hydrogen) atoms. The van der Waals surface area contributed by atoms with Gasteiger partial charge in [-0.05, 0) is 63.3 Å². The molecule has 1 aliphatic rings. The van der Waals surface area contributed by atoms with Gasteiger partial charge in [0.05, 0.1) is 32.4 Å². The molecule has 3 aromatic rings. The predicted octanol–water partition coefficient (Wildman–Crippen LogP) is 5.16. The van der Waals surface area contributed by atoms with E-state index >= 15 is 0 Å². The van der Waals surface area contributed by atoms with E-state index in [0.29, 0.717) is 53.4 Å². The Morgan fingerprint density at radius 1 is 1.05 bits per heavy atom. The Hall–Kier alpha value is -3.98. The second kappa shape index (κ2) is 12.3. The van der Waals surface area contributed by atoms with Gasteiger partial charge in [0.25, 0.3) is 5.91 Å².